The Morgan fingerprint density at radius 1 is 1.40 bits per heavy atom. The van der Waals surface area contributed by atoms with Crippen LogP contribution in [0.1, 0.15) is 24.6 Å². The average molecular weight is 172 g/mol. The van der Waals surface area contributed by atoms with Gasteiger partial charge in [-0.05, 0) is 24.3 Å². The van der Waals surface area contributed by atoms with Gasteiger partial charge in [-0.3, -0.25) is 0 Å². The van der Waals surface area contributed by atoms with E-state index in [1.54, 1.807) is 0 Å². The zero-order chi connectivity index (χ0) is 7.56. The van der Waals surface area contributed by atoms with E-state index in [1.165, 1.54) is 9.09 Å². The molecule has 0 radical (unpaired) electrons. The van der Waals surface area contributed by atoms with Gasteiger partial charge in [-0.25, -0.2) is 0 Å². The fraction of sp³-hybridized carbons (Fsp3) is 0.500. The summed E-state index contributed by atoms with van der Waals surface area (Å²) in [6.45, 7) is 4.46. The van der Waals surface area contributed by atoms with Crippen LogP contribution < -0.4 is 0 Å². The lowest BCUT2D eigenvalue weighted by molar-refractivity contribution is 0.890. The van der Waals surface area contributed by atoms with Crippen molar-refractivity contribution in [2.75, 3.05) is 6.26 Å². The molecule has 0 aliphatic heterocycles. The SMILES string of the molecule is CSc1ccc(C(C)C)s1. The van der Waals surface area contributed by atoms with Gasteiger partial charge in [-0.2, -0.15) is 0 Å². The molecular weight excluding hydrogens is 160 g/mol. The van der Waals surface area contributed by atoms with Crippen molar-refractivity contribution in [3.8, 4) is 0 Å². The predicted molar refractivity (Wildman–Crippen MR) is 50.2 cm³/mol. The summed E-state index contributed by atoms with van der Waals surface area (Å²) in [4.78, 5) is 1.49. The summed E-state index contributed by atoms with van der Waals surface area (Å²) in [5, 5.41) is 0. The molecule has 56 valence electrons. The van der Waals surface area contributed by atoms with Crippen molar-refractivity contribution >= 4 is 23.1 Å². The number of rotatable bonds is 2. The van der Waals surface area contributed by atoms with E-state index in [0.717, 1.165) is 0 Å². The van der Waals surface area contributed by atoms with Gasteiger partial charge in [0.2, 0.25) is 0 Å². The van der Waals surface area contributed by atoms with Crippen LogP contribution in [0.5, 0.6) is 0 Å². The fourth-order valence-electron chi connectivity index (χ4n) is 0.754. The van der Waals surface area contributed by atoms with Crippen LogP contribution in [0.4, 0.5) is 0 Å². The lowest BCUT2D eigenvalue weighted by Gasteiger charge is -1.96. The van der Waals surface area contributed by atoms with Gasteiger partial charge in [0.05, 0.1) is 4.21 Å². The molecule has 0 amide bonds. The smallest absolute Gasteiger partial charge is 0.0598 e. The molecule has 0 aliphatic carbocycles. The molecule has 2 heteroatoms. The number of thiophene rings is 1. The molecule has 0 bridgehead atoms. The Kier molecular flexibility index (Phi) is 2.81. The van der Waals surface area contributed by atoms with Crippen molar-refractivity contribution in [3.63, 3.8) is 0 Å². The van der Waals surface area contributed by atoms with Crippen molar-refractivity contribution in [1.29, 1.82) is 0 Å². The monoisotopic (exact) mass is 172 g/mol. The van der Waals surface area contributed by atoms with Crippen LogP contribution in [0, 0.1) is 0 Å². The molecule has 1 aromatic heterocycles. The second-order valence-electron chi connectivity index (χ2n) is 2.52. The molecule has 1 rings (SSSR count). The van der Waals surface area contributed by atoms with Crippen LogP contribution in [0.2, 0.25) is 0 Å². The first kappa shape index (κ1) is 8.15. The van der Waals surface area contributed by atoms with Gasteiger partial charge in [0.1, 0.15) is 0 Å². The summed E-state index contributed by atoms with van der Waals surface area (Å²) >= 11 is 3.73. The molecule has 0 spiro atoms. The average Bonchev–Trinajstić information content (AvgIpc) is 2.34. The summed E-state index contributed by atoms with van der Waals surface area (Å²) in [6.07, 6.45) is 2.12. The molecule has 0 atom stereocenters. The van der Waals surface area contributed by atoms with E-state index in [1.807, 2.05) is 23.1 Å². The first-order valence-corrected chi connectivity index (χ1v) is 5.42. The Balaban J connectivity index is 2.78. The van der Waals surface area contributed by atoms with Gasteiger partial charge >= 0.3 is 0 Å². The molecule has 0 fully saturated rings. The van der Waals surface area contributed by atoms with Crippen LogP contribution in [0.3, 0.4) is 0 Å². The third-order valence-electron chi connectivity index (χ3n) is 1.37. The Bertz CT molecular complexity index is 201. The molecule has 0 N–H and O–H groups in total. The zero-order valence-electron chi connectivity index (χ0n) is 6.55. The van der Waals surface area contributed by atoms with Gasteiger partial charge in [-0.15, -0.1) is 23.1 Å². The van der Waals surface area contributed by atoms with Gasteiger partial charge < -0.3 is 0 Å². The summed E-state index contributed by atoms with van der Waals surface area (Å²) < 4.78 is 1.42. The first-order valence-electron chi connectivity index (χ1n) is 3.37. The molecule has 1 heterocycles. The van der Waals surface area contributed by atoms with Crippen LogP contribution in [0.25, 0.3) is 0 Å². The van der Waals surface area contributed by atoms with Crippen LogP contribution in [-0.2, 0) is 0 Å². The molecule has 0 saturated heterocycles. The highest BCUT2D eigenvalue weighted by Gasteiger charge is 2.01. The summed E-state index contributed by atoms with van der Waals surface area (Å²) in [7, 11) is 0. The Labute approximate surface area is 70.7 Å². The van der Waals surface area contributed by atoms with E-state index in [2.05, 4.69) is 32.2 Å². The minimum Gasteiger partial charge on any atom is -0.134 e. The van der Waals surface area contributed by atoms with Gasteiger partial charge in [0.15, 0.2) is 0 Å². The maximum atomic E-state index is 2.23. The van der Waals surface area contributed by atoms with E-state index in [0.29, 0.717) is 5.92 Å². The molecule has 0 aliphatic rings. The van der Waals surface area contributed by atoms with Crippen LogP contribution in [-0.4, -0.2) is 6.26 Å². The number of hydrogen-bond donors (Lipinski definition) is 0. The van der Waals surface area contributed by atoms with Crippen molar-refractivity contribution in [2.45, 2.75) is 24.0 Å². The molecule has 0 unspecified atom stereocenters. The number of hydrogen-bond acceptors (Lipinski definition) is 2. The molecule has 10 heavy (non-hydrogen) atoms. The first-order chi connectivity index (χ1) is 4.74. The minimum atomic E-state index is 0.686. The van der Waals surface area contributed by atoms with Gasteiger partial charge in [-0.1, -0.05) is 13.8 Å². The molecule has 0 saturated carbocycles. The van der Waals surface area contributed by atoms with E-state index in [-0.39, 0.29) is 0 Å². The Hall–Kier alpha value is 0.0500. The second kappa shape index (κ2) is 3.44. The summed E-state index contributed by atoms with van der Waals surface area (Å²) in [5.74, 6) is 0.686. The molecular formula is C8H12S2. The zero-order valence-corrected chi connectivity index (χ0v) is 8.18. The normalized spacial score (nSPS) is 10.8. The lowest BCUT2D eigenvalue weighted by atomic mass is 10.2. The van der Waals surface area contributed by atoms with E-state index >= 15 is 0 Å². The third-order valence-corrected chi connectivity index (χ3v) is 3.84. The van der Waals surface area contributed by atoms with E-state index in [9.17, 15) is 0 Å². The molecule has 1 aromatic rings. The van der Waals surface area contributed by atoms with Crippen LogP contribution in [0.15, 0.2) is 16.3 Å². The third kappa shape index (κ3) is 1.77. The number of thioether (sulfide) groups is 1. The van der Waals surface area contributed by atoms with Crippen molar-refractivity contribution in [3.05, 3.63) is 17.0 Å². The Morgan fingerprint density at radius 3 is 2.40 bits per heavy atom. The highest BCUT2D eigenvalue weighted by molar-refractivity contribution is 8.00. The Morgan fingerprint density at radius 2 is 2.10 bits per heavy atom. The standard InChI is InChI=1S/C8H12S2/c1-6(2)7-4-5-8(9-3)10-7/h4-6H,1-3H3. The van der Waals surface area contributed by atoms with E-state index < -0.39 is 0 Å². The minimum absolute atomic E-state index is 0.686. The van der Waals surface area contributed by atoms with Crippen LogP contribution >= 0.6 is 23.1 Å². The molecule has 0 nitrogen and oxygen atoms in total. The summed E-state index contributed by atoms with van der Waals surface area (Å²) in [6, 6.07) is 4.42. The fourth-order valence-corrected chi connectivity index (χ4v) is 2.32. The van der Waals surface area contributed by atoms with Crippen molar-refractivity contribution in [2.24, 2.45) is 0 Å². The van der Waals surface area contributed by atoms with E-state index in [4.69, 9.17) is 0 Å². The summed E-state index contributed by atoms with van der Waals surface area (Å²) in [5.41, 5.74) is 0. The maximum Gasteiger partial charge on any atom is 0.0598 e. The largest absolute Gasteiger partial charge is 0.134 e. The highest BCUT2D eigenvalue weighted by Crippen LogP contribution is 2.29. The highest BCUT2D eigenvalue weighted by atomic mass is 32.2. The van der Waals surface area contributed by atoms with Crippen molar-refractivity contribution < 1.29 is 0 Å². The van der Waals surface area contributed by atoms with Gasteiger partial charge in [0.25, 0.3) is 0 Å². The van der Waals surface area contributed by atoms with Gasteiger partial charge in [0, 0.05) is 4.88 Å². The predicted octanol–water partition coefficient (Wildman–Crippen LogP) is 3.59. The topological polar surface area (TPSA) is 0 Å². The quantitative estimate of drug-likeness (QED) is 0.614. The van der Waals surface area contributed by atoms with Crippen molar-refractivity contribution in [1.82, 2.24) is 0 Å². The second-order valence-corrected chi connectivity index (χ2v) is 4.74. The maximum absolute atomic E-state index is 2.23. The molecule has 0 aromatic carbocycles. The lowest BCUT2D eigenvalue weighted by Crippen LogP contribution is -1.77.